The molecule has 4 nitrogen and oxygen atoms in total. The van der Waals surface area contributed by atoms with Crippen LogP contribution in [-0.4, -0.2) is 30.0 Å². The van der Waals surface area contributed by atoms with E-state index in [1.165, 1.54) is 0 Å². The van der Waals surface area contributed by atoms with Gasteiger partial charge in [0.15, 0.2) is 11.6 Å². The van der Waals surface area contributed by atoms with Crippen LogP contribution >= 0.6 is 0 Å². The van der Waals surface area contributed by atoms with Gasteiger partial charge in [0.2, 0.25) is 11.4 Å². The summed E-state index contributed by atoms with van der Waals surface area (Å²) in [5.74, 6) is -6.68. The Bertz CT molecular complexity index is 771. The normalized spacial score (nSPS) is 23.4. The average molecular weight is 384 g/mol. The predicted molar refractivity (Wildman–Crippen MR) is 77.2 cm³/mol. The minimum absolute atomic E-state index is 0.396. The number of halogens is 6. The summed E-state index contributed by atoms with van der Waals surface area (Å²) in [5, 5.41) is 9.23. The third-order valence-electron chi connectivity index (χ3n) is 4.43. The van der Waals surface area contributed by atoms with Crippen LogP contribution in [0.3, 0.4) is 0 Å². The van der Waals surface area contributed by atoms with Crippen molar-refractivity contribution >= 4 is 11.5 Å². The van der Waals surface area contributed by atoms with Crippen molar-refractivity contribution in [3.8, 4) is 5.75 Å². The molecule has 2 unspecified atom stereocenters. The second kappa shape index (κ2) is 6.40. The first-order valence-electron chi connectivity index (χ1n) is 7.24. The Hall–Kier alpha value is -2.39. The fourth-order valence-electron chi connectivity index (χ4n) is 2.80. The van der Waals surface area contributed by atoms with Crippen LogP contribution < -0.4 is 4.74 Å². The molecule has 0 bridgehead atoms. The lowest BCUT2D eigenvalue weighted by molar-refractivity contribution is -0.262. The molecule has 1 heterocycles. The molecule has 26 heavy (non-hydrogen) atoms. The van der Waals surface area contributed by atoms with E-state index in [-0.39, 0.29) is 0 Å². The van der Waals surface area contributed by atoms with Gasteiger partial charge in [-0.1, -0.05) is 13.0 Å². The van der Waals surface area contributed by atoms with Crippen molar-refractivity contribution in [2.45, 2.75) is 32.1 Å². The van der Waals surface area contributed by atoms with Crippen LogP contribution in [-0.2, 0) is 9.53 Å². The molecule has 0 saturated heterocycles. The van der Waals surface area contributed by atoms with Crippen LogP contribution in [0.2, 0.25) is 0 Å². The molecule has 0 fully saturated rings. The fourth-order valence-corrected chi connectivity index (χ4v) is 2.80. The van der Waals surface area contributed by atoms with Gasteiger partial charge in [-0.3, -0.25) is 0 Å². The van der Waals surface area contributed by atoms with Crippen LogP contribution in [0.4, 0.5) is 26.3 Å². The standard InChI is InChI=1S/C16H14F6O4/c1-6-9(12(14(23)24)26-15(6,2)16(20,21)22)7-4-5-8(13(18)19)10(17)11(7)25-3/h4-6,13H,1-3H3,(H,23,24). The monoisotopic (exact) mass is 384 g/mol. The zero-order valence-electron chi connectivity index (χ0n) is 13.7. The maximum Gasteiger partial charge on any atom is 0.428 e. The zero-order chi connectivity index (χ0) is 20.0. The molecule has 0 aromatic heterocycles. The molecule has 0 saturated carbocycles. The van der Waals surface area contributed by atoms with Crippen molar-refractivity contribution in [1.29, 1.82) is 0 Å². The molecular formula is C16H14F6O4. The average Bonchev–Trinajstić information content (AvgIpc) is 2.79. The summed E-state index contributed by atoms with van der Waals surface area (Å²) < 4.78 is 89.6. The van der Waals surface area contributed by atoms with E-state index < -0.39 is 64.1 Å². The Kier molecular flexibility index (Phi) is 4.91. The molecule has 0 aliphatic carbocycles. The number of methoxy groups -OCH3 is 1. The van der Waals surface area contributed by atoms with E-state index in [1.807, 2.05) is 0 Å². The second-order valence-corrected chi connectivity index (χ2v) is 5.83. The first-order chi connectivity index (χ1) is 11.9. The molecule has 0 radical (unpaired) electrons. The van der Waals surface area contributed by atoms with Gasteiger partial charge in [0.25, 0.3) is 6.43 Å². The minimum atomic E-state index is -4.94. The van der Waals surface area contributed by atoms with Gasteiger partial charge in [-0.05, 0) is 13.0 Å². The first kappa shape index (κ1) is 19.9. The van der Waals surface area contributed by atoms with Crippen molar-refractivity contribution in [2.75, 3.05) is 7.11 Å². The number of rotatable bonds is 4. The number of hydrogen-bond donors (Lipinski definition) is 1. The smallest absolute Gasteiger partial charge is 0.428 e. The Morgan fingerprint density at radius 2 is 1.92 bits per heavy atom. The molecule has 2 atom stereocenters. The SMILES string of the molecule is COc1c(C2=C(C(=O)O)OC(C)(C(F)(F)F)C2C)ccc(C(F)F)c1F. The highest BCUT2D eigenvalue weighted by Crippen LogP contribution is 2.53. The van der Waals surface area contributed by atoms with Crippen LogP contribution in [0.25, 0.3) is 5.57 Å². The number of alkyl halides is 5. The summed E-state index contributed by atoms with van der Waals surface area (Å²) in [6.45, 7) is 1.71. The van der Waals surface area contributed by atoms with Crippen molar-refractivity contribution in [1.82, 2.24) is 0 Å². The van der Waals surface area contributed by atoms with Crippen molar-refractivity contribution in [3.63, 3.8) is 0 Å². The number of hydrogen-bond acceptors (Lipinski definition) is 3. The maximum absolute atomic E-state index is 14.3. The molecule has 2 rings (SSSR count). The van der Waals surface area contributed by atoms with Gasteiger partial charge in [-0.15, -0.1) is 0 Å². The highest BCUT2D eigenvalue weighted by atomic mass is 19.4. The molecule has 1 aromatic carbocycles. The fraction of sp³-hybridized carbons (Fsp3) is 0.438. The summed E-state index contributed by atoms with van der Waals surface area (Å²) >= 11 is 0. The van der Waals surface area contributed by atoms with E-state index >= 15 is 0 Å². The van der Waals surface area contributed by atoms with Crippen LogP contribution in [0, 0.1) is 11.7 Å². The third kappa shape index (κ3) is 2.86. The molecule has 0 amide bonds. The van der Waals surface area contributed by atoms with E-state index in [4.69, 9.17) is 9.47 Å². The van der Waals surface area contributed by atoms with E-state index in [9.17, 15) is 36.2 Å². The van der Waals surface area contributed by atoms with Gasteiger partial charge in [0, 0.05) is 17.1 Å². The summed E-state index contributed by atoms with van der Waals surface area (Å²) in [4.78, 5) is 11.4. The number of ether oxygens (including phenoxy) is 2. The minimum Gasteiger partial charge on any atom is -0.493 e. The zero-order valence-corrected chi connectivity index (χ0v) is 13.7. The number of aliphatic carboxylic acids is 1. The predicted octanol–water partition coefficient (Wildman–Crippen LogP) is 4.55. The summed E-state index contributed by atoms with van der Waals surface area (Å²) in [6, 6.07) is 1.56. The van der Waals surface area contributed by atoms with E-state index in [1.54, 1.807) is 0 Å². The largest absolute Gasteiger partial charge is 0.493 e. The molecule has 10 heteroatoms. The maximum atomic E-state index is 14.3. The van der Waals surface area contributed by atoms with Gasteiger partial charge in [-0.2, -0.15) is 13.2 Å². The van der Waals surface area contributed by atoms with E-state index in [0.717, 1.165) is 20.1 Å². The molecule has 1 aliphatic rings. The third-order valence-corrected chi connectivity index (χ3v) is 4.43. The molecular weight excluding hydrogens is 370 g/mol. The lowest BCUT2D eigenvalue weighted by Crippen LogP contribution is -2.47. The molecule has 1 N–H and O–H groups in total. The van der Waals surface area contributed by atoms with Gasteiger partial charge in [0.1, 0.15) is 0 Å². The number of benzene rings is 1. The number of carboxylic acids is 1. The van der Waals surface area contributed by atoms with Crippen molar-refractivity contribution in [2.24, 2.45) is 5.92 Å². The summed E-state index contributed by atoms with van der Waals surface area (Å²) in [6.07, 6.45) is -8.13. The van der Waals surface area contributed by atoms with Crippen LogP contribution in [0.5, 0.6) is 5.75 Å². The molecule has 0 spiro atoms. The van der Waals surface area contributed by atoms with Crippen molar-refractivity contribution in [3.05, 3.63) is 34.8 Å². The molecule has 144 valence electrons. The highest BCUT2D eigenvalue weighted by molar-refractivity contribution is 5.97. The van der Waals surface area contributed by atoms with E-state index in [0.29, 0.717) is 13.0 Å². The Labute approximate surface area is 144 Å². The lowest BCUT2D eigenvalue weighted by atomic mass is 9.82. The number of carbonyl (C=O) groups is 1. The lowest BCUT2D eigenvalue weighted by Gasteiger charge is -2.32. The summed E-state index contributed by atoms with van der Waals surface area (Å²) in [5.41, 5.74) is -4.80. The highest BCUT2D eigenvalue weighted by Gasteiger charge is 2.63. The summed E-state index contributed by atoms with van der Waals surface area (Å²) in [7, 11) is 0.932. The second-order valence-electron chi connectivity index (χ2n) is 5.83. The quantitative estimate of drug-likeness (QED) is 0.774. The Morgan fingerprint density at radius 1 is 1.35 bits per heavy atom. The Balaban J connectivity index is 2.74. The van der Waals surface area contributed by atoms with E-state index in [2.05, 4.69) is 0 Å². The van der Waals surface area contributed by atoms with Gasteiger partial charge < -0.3 is 14.6 Å². The molecule has 1 aliphatic heterocycles. The van der Waals surface area contributed by atoms with Gasteiger partial charge in [0.05, 0.1) is 12.7 Å². The van der Waals surface area contributed by atoms with Crippen LogP contribution in [0.1, 0.15) is 31.4 Å². The first-order valence-corrected chi connectivity index (χ1v) is 7.24. The Morgan fingerprint density at radius 3 is 2.35 bits per heavy atom. The van der Waals surface area contributed by atoms with Gasteiger partial charge >= 0.3 is 12.1 Å². The van der Waals surface area contributed by atoms with Crippen molar-refractivity contribution < 1.29 is 45.7 Å². The van der Waals surface area contributed by atoms with Gasteiger partial charge in [-0.25, -0.2) is 18.0 Å². The van der Waals surface area contributed by atoms with Crippen LogP contribution in [0.15, 0.2) is 17.9 Å². The topological polar surface area (TPSA) is 55.8 Å². The molecule has 1 aromatic rings. The number of carboxylic acid groups (broad SMARTS) is 1.